The van der Waals surface area contributed by atoms with Crippen LogP contribution in [-0.4, -0.2) is 35.3 Å². The number of benzene rings is 2. The highest BCUT2D eigenvalue weighted by atomic mass is 16.5. The minimum absolute atomic E-state index is 0.0798. The van der Waals surface area contributed by atoms with Gasteiger partial charge in [-0.3, -0.25) is 14.4 Å². The highest BCUT2D eigenvalue weighted by Gasteiger charge is 2.36. The van der Waals surface area contributed by atoms with Crippen molar-refractivity contribution in [3.8, 4) is 0 Å². The molecule has 1 aliphatic heterocycles. The van der Waals surface area contributed by atoms with Crippen LogP contribution in [0, 0.1) is 26.7 Å². The molecule has 0 aliphatic carbocycles. The third-order valence-corrected chi connectivity index (χ3v) is 5.35. The third-order valence-electron chi connectivity index (χ3n) is 5.35. The van der Waals surface area contributed by atoms with Gasteiger partial charge in [-0.15, -0.1) is 0 Å². The summed E-state index contributed by atoms with van der Waals surface area (Å²) in [6.45, 7) is 8.17. The molecule has 0 aromatic heterocycles. The van der Waals surface area contributed by atoms with Gasteiger partial charge in [0.05, 0.1) is 5.92 Å². The number of esters is 1. The van der Waals surface area contributed by atoms with E-state index in [2.05, 4.69) is 5.32 Å². The van der Waals surface area contributed by atoms with Crippen LogP contribution in [0.25, 0.3) is 0 Å². The molecule has 0 unspecified atom stereocenters. The number of hydrogen-bond donors (Lipinski definition) is 1. The molecule has 0 bridgehead atoms. The van der Waals surface area contributed by atoms with Crippen LogP contribution in [0.5, 0.6) is 0 Å². The fourth-order valence-corrected chi connectivity index (χ4v) is 3.81. The van der Waals surface area contributed by atoms with Gasteiger partial charge in [-0.1, -0.05) is 48.0 Å². The summed E-state index contributed by atoms with van der Waals surface area (Å²) in [6, 6.07) is 13.6. The van der Waals surface area contributed by atoms with E-state index in [-0.39, 0.29) is 18.2 Å². The van der Waals surface area contributed by atoms with Gasteiger partial charge in [0.2, 0.25) is 5.91 Å². The molecular formula is C24H28N2O4. The number of aryl methyl sites for hydroxylation is 3. The molecule has 0 saturated carbocycles. The maximum atomic E-state index is 12.6. The van der Waals surface area contributed by atoms with E-state index in [0.717, 1.165) is 27.9 Å². The normalized spacial score (nSPS) is 17.0. The smallest absolute Gasteiger partial charge is 0.312 e. The molecule has 6 nitrogen and oxygen atoms in total. The Labute approximate surface area is 177 Å². The van der Waals surface area contributed by atoms with Crippen molar-refractivity contribution in [3.63, 3.8) is 0 Å². The number of rotatable bonds is 6. The Morgan fingerprint density at radius 3 is 2.40 bits per heavy atom. The zero-order chi connectivity index (χ0) is 21.8. The first kappa shape index (κ1) is 21.6. The molecule has 2 amide bonds. The first-order valence-electron chi connectivity index (χ1n) is 10.2. The molecule has 3 rings (SSSR count). The topological polar surface area (TPSA) is 75.7 Å². The van der Waals surface area contributed by atoms with E-state index in [1.807, 2.05) is 63.2 Å². The second kappa shape index (κ2) is 9.11. The second-order valence-corrected chi connectivity index (χ2v) is 8.00. The second-order valence-electron chi connectivity index (χ2n) is 8.00. The minimum Gasteiger partial charge on any atom is -0.452 e. The van der Waals surface area contributed by atoms with Crippen molar-refractivity contribution >= 4 is 23.5 Å². The molecule has 158 valence electrons. The molecule has 1 saturated heterocycles. The van der Waals surface area contributed by atoms with Gasteiger partial charge < -0.3 is 15.0 Å². The lowest BCUT2D eigenvalue weighted by Crippen LogP contribution is -2.33. The van der Waals surface area contributed by atoms with Crippen molar-refractivity contribution in [1.29, 1.82) is 0 Å². The van der Waals surface area contributed by atoms with Gasteiger partial charge in [0.15, 0.2) is 6.10 Å². The van der Waals surface area contributed by atoms with E-state index in [1.54, 1.807) is 11.8 Å². The Morgan fingerprint density at radius 2 is 1.77 bits per heavy atom. The summed E-state index contributed by atoms with van der Waals surface area (Å²) in [7, 11) is 0. The SMILES string of the molecule is Cc1cc(C)c(NC(=O)[C@H](C)OC(=O)[C@@H]2CC(=O)N(Cc3ccccc3)C2)c(C)c1. The number of carbonyl (C=O) groups excluding carboxylic acids is 3. The van der Waals surface area contributed by atoms with E-state index in [1.165, 1.54) is 0 Å². The summed E-state index contributed by atoms with van der Waals surface area (Å²) in [5, 5.41) is 2.86. The quantitative estimate of drug-likeness (QED) is 0.742. The number of ether oxygens (including phenoxy) is 1. The summed E-state index contributed by atoms with van der Waals surface area (Å²) in [5.41, 5.74) is 4.78. The van der Waals surface area contributed by atoms with Crippen molar-refractivity contribution in [3.05, 3.63) is 64.7 Å². The van der Waals surface area contributed by atoms with E-state index in [0.29, 0.717) is 13.1 Å². The van der Waals surface area contributed by atoms with Gasteiger partial charge >= 0.3 is 5.97 Å². The van der Waals surface area contributed by atoms with Crippen molar-refractivity contribution in [2.75, 3.05) is 11.9 Å². The lowest BCUT2D eigenvalue weighted by molar-refractivity contribution is -0.157. The van der Waals surface area contributed by atoms with Crippen LogP contribution in [-0.2, 0) is 25.7 Å². The van der Waals surface area contributed by atoms with Crippen LogP contribution in [0.15, 0.2) is 42.5 Å². The van der Waals surface area contributed by atoms with Crippen LogP contribution in [0.3, 0.4) is 0 Å². The highest BCUT2D eigenvalue weighted by molar-refractivity contribution is 5.97. The van der Waals surface area contributed by atoms with Gasteiger partial charge in [-0.25, -0.2) is 0 Å². The zero-order valence-corrected chi connectivity index (χ0v) is 17.9. The number of nitrogens with one attached hydrogen (secondary N) is 1. The summed E-state index contributed by atoms with van der Waals surface area (Å²) < 4.78 is 5.39. The van der Waals surface area contributed by atoms with Crippen molar-refractivity contribution < 1.29 is 19.1 Å². The molecule has 1 heterocycles. The Kier molecular flexibility index (Phi) is 6.55. The average molecular weight is 408 g/mol. The summed E-state index contributed by atoms with van der Waals surface area (Å²) >= 11 is 0. The molecule has 2 atom stereocenters. The van der Waals surface area contributed by atoms with Crippen LogP contribution >= 0.6 is 0 Å². The van der Waals surface area contributed by atoms with Gasteiger partial charge in [-0.05, 0) is 44.4 Å². The summed E-state index contributed by atoms with van der Waals surface area (Å²) in [5.74, 6) is -1.54. The summed E-state index contributed by atoms with van der Waals surface area (Å²) in [4.78, 5) is 39.1. The molecule has 1 fully saturated rings. The van der Waals surface area contributed by atoms with Gasteiger partial charge in [0.25, 0.3) is 5.91 Å². The molecule has 1 N–H and O–H groups in total. The number of hydrogen-bond acceptors (Lipinski definition) is 4. The van der Waals surface area contributed by atoms with Crippen LogP contribution in [0.2, 0.25) is 0 Å². The van der Waals surface area contributed by atoms with Crippen molar-refractivity contribution in [2.24, 2.45) is 5.92 Å². The van der Waals surface area contributed by atoms with Crippen LogP contribution in [0.4, 0.5) is 5.69 Å². The zero-order valence-electron chi connectivity index (χ0n) is 17.9. The third kappa shape index (κ3) is 5.06. The molecule has 2 aromatic rings. The standard InChI is InChI=1S/C24H28N2O4/c1-15-10-16(2)22(17(3)11-15)25-23(28)18(4)30-24(29)20-12-21(27)26(14-20)13-19-8-6-5-7-9-19/h5-11,18,20H,12-14H2,1-4H3,(H,25,28)/t18-,20+/m0/s1. The number of anilines is 1. The lowest BCUT2D eigenvalue weighted by Gasteiger charge is -2.19. The highest BCUT2D eigenvalue weighted by Crippen LogP contribution is 2.24. The molecule has 6 heteroatoms. The van der Waals surface area contributed by atoms with Gasteiger partial charge in [0.1, 0.15) is 0 Å². The van der Waals surface area contributed by atoms with Gasteiger partial charge in [-0.2, -0.15) is 0 Å². The Hall–Kier alpha value is -3.15. The number of nitrogens with zero attached hydrogens (tertiary/aromatic N) is 1. The first-order valence-corrected chi connectivity index (χ1v) is 10.2. The molecular weight excluding hydrogens is 380 g/mol. The molecule has 2 aromatic carbocycles. The monoisotopic (exact) mass is 408 g/mol. The lowest BCUT2D eigenvalue weighted by atomic mass is 10.0. The number of amides is 2. The molecule has 0 radical (unpaired) electrons. The van der Waals surface area contributed by atoms with Crippen LogP contribution in [0.1, 0.15) is 35.6 Å². The maximum Gasteiger partial charge on any atom is 0.312 e. The van der Waals surface area contributed by atoms with E-state index < -0.39 is 18.0 Å². The number of likely N-dealkylation sites (tertiary alicyclic amines) is 1. The largest absolute Gasteiger partial charge is 0.452 e. The fourth-order valence-electron chi connectivity index (χ4n) is 3.81. The Morgan fingerprint density at radius 1 is 1.13 bits per heavy atom. The maximum absolute atomic E-state index is 12.6. The van der Waals surface area contributed by atoms with E-state index >= 15 is 0 Å². The Balaban J connectivity index is 1.56. The minimum atomic E-state index is -0.948. The fraction of sp³-hybridized carbons (Fsp3) is 0.375. The average Bonchev–Trinajstić information content (AvgIpc) is 3.05. The Bertz CT molecular complexity index is 932. The predicted octanol–water partition coefficient (Wildman–Crippen LogP) is 3.53. The predicted molar refractivity (Wildman–Crippen MR) is 115 cm³/mol. The molecule has 30 heavy (non-hydrogen) atoms. The number of carbonyl (C=O) groups is 3. The van der Waals surface area contributed by atoms with Crippen molar-refractivity contribution in [2.45, 2.75) is 46.8 Å². The van der Waals surface area contributed by atoms with Gasteiger partial charge in [0, 0.05) is 25.2 Å². The van der Waals surface area contributed by atoms with E-state index in [4.69, 9.17) is 4.74 Å². The summed E-state index contributed by atoms with van der Waals surface area (Å²) in [6.07, 6.45) is -0.841. The molecule has 0 spiro atoms. The first-order chi connectivity index (χ1) is 14.2. The van der Waals surface area contributed by atoms with Crippen LogP contribution < -0.4 is 5.32 Å². The molecule has 1 aliphatic rings. The van der Waals surface area contributed by atoms with Crippen molar-refractivity contribution in [1.82, 2.24) is 4.90 Å². The van der Waals surface area contributed by atoms with E-state index in [9.17, 15) is 14.4 Å².